The van der Waals surface area contributed by atoms with Gasteiger partial charge in [-0.15, -0.1) is 0 Å². The van der Waals surface area contributed by atoms with Crippen molar-refractivity contribution in [1.29, 1.82) is 0 Å². The molecule has 0 amide bonds. The predicted molar refractivity (Wildman–Crippen MR) is 69.1 cm³/mol. The summed E-state index contributed by atoms with van der Waals surface area (Å²) >= 11 is 0. The van der Waals surface area contributed by atoms with Crippen LogP contribution >= 0.6 is 0 Å². The van der Waals surface area contributed by atoms with E-state index in [4.69, 9.17) is 0 Å². The van der Waals surface area contributed by atoms with Crippen molar-refractivity contribution >= 4 is 21.1 Å². The third-order valence-electron chi connectivity index (χ3n) is 3.13. The molecule has 14 heavy (non-hydrogen) atoms. The van der Waals surface area contributed by atoms with Crippen LogP contribution in [0.5, 0.6) is 0 Å². The normalized spacial score (nSPS) is 10.6. The standard InChI is InChI=1S/C12H21NSi/c1-5-13(6-2)11-7-8-12(14)10(4)9(11)3/h7-8H,5-6H2,1-4,14H3. The summed E-state index contributed by atoms with van der Waals surface area (Å²) in [5.74, 6) is 0. The Hall–Kier alpha value is -0.763. The molecule has 0 spiro atoms. The van der Waals surface area contributed by atoms with Crippen LogP contribution in [0.1, 0.15) is 25.0 Å². The van der Waals surface area contributed by atoms with Gasteiger partial charge in [0.2, 0.25) is 0 Å². The van der Waals surface area contributed by atoms with Crippen LogP contribution in [-0.2, 0) is 0 Å². The summed E-state index contributed by atoms with van der Waals surface area (Å²) in [6, 6.07) is 4.56. The summed E-state index contributed by atoms with van der Waals surface area (Å²) in [5, 5.41) is 1.53. The van der Waals surface area contributed by atoms with Gasteiger partial charge in [0.05, 0.1) is 0 Å². The van der Waals surface area contributed by atoms with Crippen molar-refractivity contribution in [3.8, 4) is 0 Å². The molecule has 0 aromatic heterocycles. The average molecular weight is 207 g/mol. The molecule has 0 atom stereocenters. The van der Waals surface area contributed by atoms with Crippen LogP contribution in [0.2, 0.25) is 0 Å². The van der Waals surface area contributed by atoms with E-state index in [1.54, 1.807) is 0 Å². The van der Waals surface area contributed by atoms with E-state index in [2.05, 4.69) is 44.7 Å². The highest BCUT2D eigenvalue weighted by Gasteiger charge is 2.07. The first-order valence-electron chi connectivity index (χ1n) is 5.43. The molecule has 0 aliphatic rings. The molecule has 0 unspecified atom stereocenters. The Morgan fingerprint density at radius 2 is 1.64 bits per heavy atom. The number of hydrogen-bond acceptors (Lipinski definition) is 1. The Kier molecular flexibility index (Phi) is 3.75. The van der Waals surface area contributed by atoms with Gasteiger partial charge >= 0.3 is 0 Å². The molecule has 1 aromatic carbocycles. The SMILES string of the molecule is CCN(CC)c1ccc([SiH3])c(C)c1C. The Morgan fingerprint density at radius 3 is 2.14 bits per heavy atom. The fourth-order valence-electron chi connectivity index (χ4n) is 1.85. The molecule has 0 aliphatic carbocycles. The highest BCUT2D eigenvalue weighted by molar-refractivity contribution is 6.33. The zero-order chi connectivity index (χ0) is 10.7. The van der Waals surface area contributed by atoms with Crippen molar-refractivity contribution in [2.24, 2.45) is 0 Å². The zero-order valence-electron chi connectivity index (χ0n) is 10.0. The number of nitrogens with zero attached hydrogens (tertiary/aromatic N) is 1. The number of anilines is 1. The Labute approximate surface area is 90.6 Å². The van der Waals surface area contributed by atoms with Gasteiger partial charge in [0.15, 0.2) is 0 Å². The Balaban J connectivity index is 3.16. The summed E-state index contributed by atoms with van der Waals surface area (Å²) in [5.41, 5.74) is 4.36. The largest absolute Gasteiger partial charge is 0.372 e. The summed E-state index contributed by atoms with van der Waals surface area (Å²) in [6.45, 7) is 11.1. The maximum atomic E-state index is 2.42. The summed E-state index contributed by atoms with van der Waals surface area (Å²) < 4.78 is 0. The van der Waals surface area contributed by atoms with Crippen LogP contribution < -0.4 is 10.1 Å². The minimum Gasteiger partial charge on any atom is -0.372 e. The van der Waals surface area contributed by atoms with Crippen LogP contribution in [-0.4, -0.2) is 23.3 Å². The number of rotatable bonds is 3. The molecule has 0 saturated carbocycles. The van der Waals surface area contributed by atoms with Crippen LogP contribution in [0.4, 0.5) is 5.69 Å². The van der Waals surface area contributed by atoms with Crippen molar-refractivity contribution in [2.75, 3.05) is 18.0 Å². The second-order valence-electron chi connectivity index (χ2n) is 3.82. The van der Waals surface area contributed by atoms with Gasteiger partial charge < -0.3 is 4.90 Å². The maximum absolute atomic E-state index is 2.42. The van der Waals surface area contributed by atoms with E-state index in [1.807, 2.05) is 0 Å². The molecule has 2 heteroatoms. The summed E-state index contributed by atoms with van der Waals surface area (Å²) in [4.78, 5) is 2.42. The van der Waals surface area contributed by atoms with E-state index in [0.717, 1.165) is 23.3 Å². The molecule has 1 aromatic rings. The average Bonchev–Trinajstić information content (AvgIpc) is 2.19. The fourth-order valence-corrected chi connectivity index (χ4v) is 2.39. The molecule has 1 nitrogen and oxygen atoms in total. The molecule has 78 valence electrons. The molecule has 0 fully saturated rings. The van der Waals surface area contributed by atoms with Crippen LogP contribution in [0, 0.1) is 13.8 Å². The molecule has 1 rings (SSSR count). The minimum atomic E-state index is 1.09. The number of hydrogen-bond donors (Lipinski definition) is 0. The third kappa shape index (κ3) is 2.00. The van der Waals surface area contributed by atoms with Gasteiger partial charge in [0, 0.05) is 29.0 Å². The molecule has 0 N–H and O–H groups in total. The van der Waals surface area contributed by atoms with Gasteiger partial charge in [-0.2, -0.15) is 0 Å². The van der Waals surface area contributed by atoms with Gasteiger partial charge in [-0.1, -0.05) is 11.3 Å². The van der Waals surface area contributed by atoms with Gasteiger partial charge in [-0.3, -0.25) is 0 Å². The quantitative estimate of drug-likeness (QED) is 0.672. The van der Waals surface area contributed by atoms with Gasteiger partial charge in [0.25, 0.3) is 0 Å². The summed E-state index contributed by atoms with van der Waals surface area (Å²) in [7, 11) is 1.15. The topological polar surface area (TPSA) is 3.24 Å². The van der Waals surface area contributed by atoms with E-state index in [-0.39, 0.29) is 0 Å². The van der Waals surface area contributed by atoms with E-state index >= 15 is 0 Å². The van der Waals surface area contributed by atoms with Crippen LogP contribution in [0.3, 0.4) is 0 Å². The lowest BCUT2D eigenvalue weighted by atomic mass is 10.1. The molecule has 0 heterocycles. The predicted octanol–water partition coefficient (Wildman–Crippen LogP) is 1.14. The van der Waals surface area contributed by atoms with Crippen molar-refractivity contribution in [3.63, 3.8) is 0 Å². The molecular formula is C12H21NSi. The van der Waals surface area contributed by atoms with Crippen molar-refractivity contribution in [3.05, 3.63) is 23.3 Å². The van der Waals surface area contributed by atoms with Gasteiger partial charge in [-0.05, 0) is 44.9 Å². The first-order chi connectivity index (χ1) is 6.61. The second-order valence-corrected chi connectivity index (χ2v) is 4.90. The van der Waals surface area contributed by atoms with Crippen LogP contribution in [0.25, 0.3) is 0 Å². The fraction of sp³-hybridized carbons (Fsp3) is 0.500. The Bertz CT molecular complexity index is 316. The zero-order valence-corrected chi connectivity index (χ0v) is 12.0. The van der Waals surface area contributed by atoms with E-state index in [1.165, 1.54) is 22.0 Å². The van der Waals surface area contributed by atoms with E-state index < -0.39 is 0 Å². The van der Waals surface area contributed by atoms with Crippen molar-refractivity contribution < 1.29 is 0 Å². The first kappa shape index (κ1) is 11.3. The first-order valence-corrected chi connectivity index (χ1v) is 6.43. The Morgan fingerprint density at radius 1 is 1.07 bits per heavy atom. The number of benzene rings is 1. The molecule has 0 aliphatic heterocycles. The third-order valence-corrected chi connectivity index (χ3v) is 4.22. The van der Waals surface area contributed by atoms with E-state index in [9.17, 15) is 0 Å². The second kappa shape index (κ2) is 4.65. The lowest BCUT2D eigenvalue weighted by molar-refractivity contribution is 0.861. The molecular weight excluding hydrogens is 186 g/mol. The highest BCUT2D eigenvalue weighted by atomic mass is 28.1. The van der Waals surface area contributed by atoms with Crippen molar-refractivity contribution in [2.45, 2.75) is 27.7 Å². The minimum absolute atomic E-state index is 1.09. The monoisotopic (exact) mass is 207 g/mol. The molecule has 0 saturated heterocycles. The van der Waals surface area contributed by atoms with Gasteiger partial charge in [0.1, 0.15) is 0 Å². The smallest absolute Gasteiger partial charge is 0.0398 e. The van der Waals surface area contributed by atoms with Crippen LogP contribution in [0.15, 0.2) is 12.1 Å². The summed E-state index contributed by atoms with van der Waals surface area (Å²) in [6.07, 6.45) is 0. The van der Waals surface area contributed by atoms with Crippen molar-refractivity contribution in [1.82, 2.24) is 0 Å². The highest BCUT2D eigenvalue weighted by Crippen LogP contribution is 2.20. The maximum Gasteiger partial charge on any atom is 0.0398 e. The lowest BCUT2D eigenvalue weighted by Gasteiger charge is -2.24. The lowest BCUT2D eigenvalue weighted by Crippen LogP contribution is -2.24. The molecule has 0 bridgehead atoms. The van der Waals surface area contributed by atoms with Gasteiger partial charge in [-0.25, -0.2) is 0 Å². The van der Waals surface area contributed by atoms with E-state index in [0.29, 0.717) is 0 Å². The molecule has 0 radical (unpaired) electrons.